The first-order valence-electron chi connectivity index (χ1n) is 13.4. The Morgan fingerprint density at radius 3 is 2.42 bits per heavy atom. The van der Waals surface area contributed by atoms with Crippen LogP contribution in [0.3, 0.4) is 0 Å². The number of benzene rings is 1. The van der Waals surface area contributed by atoms with Crippen LogP contribution in [-0.2, 0) is 25.1 Å². The third-order valence-electron chi connectivity index (χ3n) is 6.90. The molecule has 6 heteroatoms. The number of hydrogen-bond donors (Lipinski definition) is 1. The highest BCUT2D eigenvalue weighted by molar-refractivity contribution is 6.48. The van der Waals surface area contributed by atoms with Crippen molar-refractivity contribution in [2.45, 2.75) is 111 Å². The Morgan fingerprint density at radius 1 is 1.19 bits per heavy atom. The Hall–Kier alpha value is -2.07. The maximum atomic E-state index is 12.1. The lowest BCUT2D eigenvalue weighted by molar-refractivity contribution is -0.207. The Labute approximate surface area is 219 Å². The molecule has 0 saturated heterocycles. The molecule has 36 heavy (non-hydrogen) atoms. The molecular formula is C30H44O5Si. The van der Waals surface area contributed by atoms with Crippen LogP contribution in [0.25, 0.3) is 0 Å². The van der Waals surface area contributed by atoms with Crippen molar-refractivity contribution in [3.05, 3.63) is 46.7 Å². The summed E-state index contributed by atoms with van der Waals surface area (Å²) in [6.07, 6.45) is 6.39. The summed E-state index contributed by atoms with van der Waals surface area (Å²) in [6, 6.07) is 6.32. The van der Waals surface area contributed by atoms with Crippen LogP contribution >= 0.6 is 0 Å². The lowest BCUT2D eigenvalue weighted by Gasteiger charge is -2.35. The van der Waals surface area contributed by atoms with Gasteiger partial charge in [0.05, 0.1) is 12.2 Å². The second kappa shape index (κ2) is 11.1. The zero-order valence-corrected chi connectivity index (χ0v) is 24.5. The smallest absolute Gasteiger partial charge is 0.337 e. The summed E-state index contributed by atoms with van der Waals surface area (Å²) in [4.78, 5) is 12.1. The summed E-state index contributed by atoms with van der Waals surface area (Å²) in [5.41, 5.74) is 2.04. The number of ether oxygens (including phenoxy) is 2. The van der Waals surface area contributed by atoms with Crippen LogP contribution in [0, 0.1) is 23.2 Å². The van der Waals surface area contributed by atoms with E-state index in [4.69, 9.17) is 13.9 Å². The molecule has 1 N–H and O–H groups in total. The Morgan fingerprint density at radius 2 is 1.86 bits per heavy atom. The van der Waals surface area contributed by atoms with Gasteiger partial charge in [-0.2, -0.15) is 0 Å². The average Bonchev–Trinajstić information content (AvgIpc) is 3.29. The van der Waals surface area contributed by atoms with Gasteiger partial charge in [0.15, 0.2) is 9.04 Å². The molecule has 1 aliphatic heterocycles. The maximum Gasteiger partial charge on any atom is 0.337 e. The van der Waals surface area contributed by atoms with Crippen molar-refractivity contribution < 1.29 is 23.8 Å². The van der Waals surface area contributed by atoms with E-state index in [1.54, 1.807) is 13.8 Å². The fraction of sp³-hybridized carbons (Fsp3) is 0.633. The average molecular weight is 513 g/mol. The molecule has 1 fully saturated rings. The summed E-state index contributed by atoms with van der Waals surface area (Å²) >= 11 is 0. The summed E-state index contributed by atoms with van der Waals surface area (Å²) in [5.74, 6) is 5.44. The Kier molecular flexibility index (Phi) is 8.81. The third-order valence-corrected chi connectivity index (χ3v) is 7.72. The van der Waals surface area contributed by atoms with Crippen LogP contribution in [0.15, 0.2) is 30.0 Å². The number of carbonyl (C=O) groups excluding carboxylic acids is 1. The molecule has 2 atom stereocenters. The number of hydrogen-bond acceptors (Lipinski definition) is 5. The predicted molar refractivity (Wildman–Crippen MR) is 146 cm³/mol. The molecule has 1 heterocycles. The van der Waals surface area contributed by atoms with Crippen LogP contribution in [0.4, 0.5) is 0 Å². The standard InChI is InChI=1S/C30H44O5Si/c1-9-22-18-21(14-15-25(22)27(28(2,3)4)35-36(7)8)16-17-30(32,23-12-10-11-13-23)20-24-19-26(31)34-29(5,6)33-24/h14-15,18-19,23,27,32,36H,9-13,20H2,1-8H3. The Bertz CT molecular complexity index is 1030. The van der Waals surface area contributed by atoms with Crippen molar-refractivity contribution in [2.75, 3.05) is 0 Å². The van der Waals surface area contributed by atoms with Gasteiger partial charge in [-0.3, -0.25) is 0 Å². The first-order chi connectivity index (χ1) is 16.7. The lowest BCUT2D eigenvalue weighted by atomic mass is 9.81. The minimum Gasteiger partial charge on any atom is -0.457 e. The van der Waals surface area contributed by atoms with Crippen LogP contribution in [0.5, 0.6) is 0 Å². The zero-order valence-electron chi connectivity index (χ0n) is 23.4. The summed E-state index contributed by atoms with van der Waals surface area (Å²) in [5, 5.41) is 11.8. The van der Waals surface area contributed by atoms with Gasteiger partial charge in [-0.15, -0.1) is 0 Å². The molecule has 0 aromatic heterocycles. The molecule has 5 nitrogen and oxygen atoms in total. The van der Waals surface area contributed by atoms with E-state index in [1.807, 2.05) is 6.07 Å². The lowest BCUT2D eigenvalue weighted by Crippen LogP contribution is -2.40. The van der Waals surface area contributed by atoms with Crippen molar-refractivity contribution in [2.24, 2.45) is 11.3 Å². The van der Waals surface area contributed by atoms with Gasteiger partial charge in [0.25, 0.3) is 0 Å². The number of aryl methyl sites for hydroxylation is 1. The van der Waals surface area contributed by atoms with E-state index in [2.05, 4.69) is 64.8 Å². The van der Waals surface area contributed by atoms with Crippen molar-refractivity contribution in [3.8, 4) is 11.8 Å². The largest absolute Gasteiger partial charge is 0.457 e. The van der Waals surface area contributed by atoms with Gasteiger partial charge >= 0.3 is 5.97 Å². The minimum absolute atomic E-state index is 0.0141. The molecule has 0 radical (unpaired) electrons. The third kappa shape index (κ3) is 7.24. The van der Waals surface area contributed by atoms with Gasteiger partial charge in [-0.05, 0) is 66.9 Å². The van der Waals surface area contributed by atoms with E-state index in [1.165, 1.54) is 17.2 Å². The van der Waals surface area contributed by atoms with Gasteiger partial charge in [0, 0.05) is 25.8 Å². The summed E-state index contributed by atoms with van der Waals surface area (Å²) in [7, 11) is -1.24. The van der Waals surface area contributed by atoms with E-state index in [0.29, 0.717) is 5.76 Å². The van der Waals surface area contributed by atoms with Gasteiger partial charge in [0.2, 0.25) is 5.79 Å². The summed E-state index contributed by atoms with van der Waals surface area (Å²) < 4.78 is 17.6. The number of aliphatic hydroxyl groups is 1. The molecule has 198 valence electrons. The second-order valence-corrected chi connectivity index (χ2v) is 14.4. The van der Waals surface area contributed by atoms with Crippen molar-refractivity contribution in [1.82, 2.24) is 0 Å². The number of cyclic esters (lactones) is 1. The molecule has 2 aliphatic rings. The van der Waals surface area contributed by atoms with Gasteiger partial charge in [-0.1, -0.05) is 58.4 Å². The maximum absolute atomic E-state index is 12.1. The van der Waals surface area contributed by atoms with Crippen molar-refractivity contribution in [1.29, 1.82) is 0 Å². The van der Waals surface area contributed by atoms with Crippen LogP contribution < -0.4 is 0 Å². The van der Waals surface area contributed by atoms with Gasteiger partial charge in [0.1, 0.15) is 11.4 Å². The highest BCUT2D eigenvalue weighted by Crippen LogP contribution is 2.40. The first kappa shape index (κ1) is 28.5. The predicted octanol–water partition coefficient (Wildman–Crippen LogP) is 6.19. The topological polar surface area (TPSA) is 65.0 Å². The van der Waals surface area contributed by atoms with Crippen LogP contribution in [0.2, 0.25) is 13.1 Å². The summed E-state index contributed by atoms with van der Waals surface area (Å²) in [6.45, 7) is 16.6. The quantitative estimate of drug-likeness (QED) is 0.268. The fourth-order valence-electron chi connectivity index (χ4n) is 5.26. The number of rotatable bonds is 7. The van der Waals surface area contributed by atoms with Crippen LogP contribution in [0.1, 0.15) is 96.4 Å². The molecule has 1 aromatic carbocycles. The molecular weight excluding hydrogens is 468 g/mol. The highest BCUT2D eigenvalue weighted by Gasteiger charge is 2.41. The van der Waals surface area contributed by atoms with Gasteiger partial charge < -0.3 is 19.0 Å². The molecule has 1 aromatic rings. The first-order valence-corrected chi connectivity index (χ1v) is 16.2. The van der Waals surface area contributed by atoms with E-state index in [9.17, 15) is 9.90 Å². The van der Waals surface area contributed by atoms with Crippen molar-refractivity contribution in [3.63, 3.8) is 0 Å². The van der Waals surface area contributed by atoms with E-state index in [0.717, 1.165) is 37.7 Å². The SMILES string of the molecule is CCc1cc(C#CC(O)(CC2=CC(=O)OC(C)(C)O2)C2CCCC2)ccc1C(O[SiH](C)C)C(C)(C)C. The second-order valence-electron chi connectivity index (χ2n) is 12.1. The monoisotopic (exact) mass is 512 g/mol. The van der Waals surface area contributed by atoms with Gasteiger partial charge in [-0.25, -0.2) is 4.79 Å². The van der Waals surface area contributed by atoms with Crippen molar-refractivity contribution >= 4 is 15.0 Å². The van der Waals surface area contributed by atoms with E-state index >= 15 is 0 Å². The molecule has 0 spiro atoms. The number of esters is 1. The zero-order chi connectivity index (χ0) is 26.7. The van der Waals surface area contributed by atoms with E-state index in [-0.39, 0.29) is 23.9 Å². The van der Waals surface area contributed by atoms with Crippen LogP contribution in [-0.4, -0.2) is 31.5 Å². The fourth-order valence-corrected chi connectivity index (χ4v) is 6.36. The molecule has 1 aliphatic carbocycles. The molecule has 3 rings (SSSR count). The number of carbonyl (C=O) groups is 1. The highest BCUT2D eigenvalue weighted by atomic mass is 28.3. The minimum atomic E-state index is -1.28. The normalized spacial score (nSPS) is 20.6. The molecule has 0 bridgehead atoms. The van der Waals surface area contributed by atoms with E-state index < -0.39 is 26.4 Å². The molecule has 0 amide bonds. The Balaban J connectivity index is 1.94. The molecule has 2 unspecified atom stereocenters. The molecule has 1 saturated carbocycles.